The second-order valence-electron chi connectivity index (χ2n) is 11.2. The maximum Gasteiger partial charge on any atom is 0.224 e. The van der Waals surface area contributed by atoms with Gasteiger partial charge in [-0.05, 0) is 73.3 Å². The van der Waals surface area contributed by atoms with E-state index in [1.807, 2.05) is 23.1 Å². The number of piperidine rings is 2. The van der Waals surface area contributed by atoms with Crippen LogP contribution in [0.15, 0.2) is 24.3 Å². The van der Waals surface area contributed by atoms with E-state index in [1.165, 1.54) is 6.42 Å². The topological polar surface area (TPSA) is 65.5 Å². The first-order valence-electron chi connectivity index (χ1n) is 12.9. The summed E-state index contributed by atoms with van der Waals surface area (Å²) in [5.41, 5.74) is 2.86. The van der Waals surface area contributed by atoms with E-state index >= 15 is 0 Å². The van der Waals surface area contributed by atoms with E-state index in [0.29, 0.717) is 23.7 Å². The van der Waals surface area contributed by atoms with Crippen LogP contribution in [-0.4, -0.2) is 47.9 Å². The van der Waals surface area contributed by atoms with E-state index in [9.17, 15) is 9.59 Å². The van der Waals surface area contributed by atoms with Crippen molar-refractivity contribution in [3.8, 4) is 0 Å². The van der Waals surface area contributed by atoms with Crippen LogP contribution in [-0.2, 0) is 9.59 Å². The molecule has 1 aromatic heterocycles. The van der Waals surface area contributed by atoms with Crippen LogP contribution in [0.5, 0.6) is 0 Å². The van der Waals surface area contributed by atoms with Crippen LogP contribution < -0.4 is 10.2 Å². The zero-order valence-electron chi connectivity index (χ0n) is 21.4. The third-order valence-electron chi connectivity index (χ3n) is 7.27. The number of anilines is 2. The van der Waals surface area contributed by atoms with Gasteiger partial charge >= 0.3 is 0 Å². The first-order chi connectivity index (χ1) is 16.2. The molecule has 4 atom stereocenters. The zero-order valence-corrected chi connectivity index (χ0v) is 21.4. The summed E-state index contributed by atoms with van der Waals surface area (Å²) in [6.07, 6.45) is 2.90. The predicted octanol–water partition coefficient (Wildman–Crippen LogP) is 5.25. The lowest BCUT2D eigenvalue weighted by molar-refractivity contribution is -0.135. The van der Waals surface area contributed by atoms with E-state index in [4.69, 9.17) is 4.98 Å². The monoisotopic (exact) mass is 464 g/mol. The molecule has 0 spiro atoms. The minimum Gasteiger partial charge on any atom is -0.356 e. The number of nitrogens with zero attached hydrogens (tertiary/aromatic N) is 3. The average molecular weight is 465 g/mol. The van der Waals surface area contributed by atoms with Crippen molar-refractivity contribution in [1.82, 2.24) is 9.88 Å². The van der Waals surface area contributed by atoms with E-state index in [-0.39, 0.29) is 24.7 Å². The molecule has 2 aromatic rings. The lowest BCUT2D eigenvalue weighted by Crippen LogP contribution is -2.42. The van der Waals surface area contributed by atoms with Gasteiger partial charge in [0.2, 0.25) is 11.8 Å². The standard InChI is InChI=1S/C28H40N4O2/c1-18-10-19(2)15-31(14-18)26-12-22(5)24-13-23(6-7-25(24)30-26)29-27(33)8-9-28(34)32-16-20(3)11-21(4)17-32/h6-7,12-13,18-21H,8-11,14-17H2,1-5H3,(H,29,33)/t18-,19+,20-,21-/m0/s1. The highest BCUT2D eigenvalue weighted by molar-refractivity contribution is 5.96. The molecule has 2 aliphatic heterocycles. The van der Waals surface area contributed by atoms with Gasteiger partial charge in [0.1, 0.15) is 5.82 Å². The maximum atomic E-state index is 12.6. The molecule has 3 heterocycles. The van der Waals surface area contributed by atoms with Crippen molar-refractivity contribution < 1.29 is 9.59 Å². The predicted molar refractivity (Wildman–Crippen MR) is 139 cm³/mol. The average Bonchev–Trinajstić information content (AvgIpc) is 2.76. The lowest BCUT2D eigenvalue weighted by atomic mass is 9.91. The molecule has 184 valence electrons. The molecule has 2 aliphatic rings. The molecule has 0 radical (unpaired) electrons. The number of aryl methyl sites for hydroxylation is 1. The molecule has 2 amide bonds. The molecule has 6 heteroatoms. The van der Waals surface area contributed by atoms with E-state index in [2.05, 4.69) is 50.9 Å². The molecule has 4 rings (SSSR count). The summed E-state index contributed by atoms with van der Waals surface area (Å²) in [5.74, 6) is 3.40. The number of hydrogen-bond donors (Lipinski definition) is 1. The number of carbonyl (C=O) groups excluding carboxylic acids is 2. The molecule has 0 aliphatic carbocycles. The second kappa shape index (κ2) is 10.3. The lowest BCUT2D eigenvalue weighted by Gasteiger charge is -2.36. The van der Waals surface area contributed by atoms with Crippen LogP contribution >= 0.6 is 0 Å². The molecule has 1 N–H and O–H groups in total. The molecular formula is C28H40N4O2. The summed E-state index contributed by atoms with van der Waals surface area (Å²) in [7, 11) is 0. The van der Waals surface area contributed by atoms with Crippen molar-refractivity contribution >= 4 is 34.2 Å². The Labute approximate surface area is 204 Å². The van der Waals surface area contributed by atoms with Crippen LogP contribution in [0.1, 0.15) is 58.9 Å². The fourth-order valence-corrected chi connectivity index (χ4v) is 5.93. The van der Waals surface area contributed by atoms with Gasteiger partial charge in [0.05, 0.1) is 5.52 Å². The summed E-state index contributed by atoms with van der Waals surface area (Å²) in [4.78, 5) is 34.4. The van der Waals surface area contributed by atoms with Gasteiger partial charge in [-0.2, -0.15) is 0 Å². The number of hydrogen-bond acceptors (Lipinski definition) is 4. The summed E-state index contributed by atoms with van der Waals surface area (Å²) in [6.45, 7) is 14.8. The van der Waals surface area contributed by atoms with Crippen LogP contribution in [0.2, 0.25) is 0 Å². The van der Waals surface area contributed by atoms with Crippen molar-refractivity contribution in [2.24, 2.45) is 23.7 Å². The Morgan fingerprint density at radius 2 is 1.53 bits per heavy atom. The number of carbonyl (C=O) groups is 2. The molecule has 1 aromatic carbocycles. The number of aromatic nitrogens is 1. The Bertz CT molecular complexity index is 1030. The number of nitrogens with one attached hydrogen (secondary N) is 1. The Morgan fingerprint density at radius 1 is 0.912 bits per heavy atom. The minimum atomic E-state index is -0.121. The van der Waals surface area contributed by atoms with Crippen LogP contribution in [0.4, 0.5) is 11.5 Å². The third kappa shape index (κ3) is 5.89. The molecule has 0 saturated carbocycles. The highest BCUT2D eigenvalue weighted by Gasteiger charge is 2.26. The Balaban J connectivity index is 1.38. The normalized spacial score (nSPS) is 25.4. The van der Waals surface area contributed by atoms with Gasteiger partial charge in [-0.15, -0.1) is 0 Å². The first-order valence-corrected chi connectivity index (χ1v) is 12.9. The molecule has 2 saturated heterocycles. The largest absolute Gasteiger partial charge is 0.356 e. The van der Waals surface area contributed by atoms with Gasteiger partial charge in [0, 0.05) is 50.1 Å². The Kier molecular flexibility index (Phi) is 7.44. The molecule has 34 heavy (non-hydrogen) atoms. The number of benzene rings is 1. The zero-order chi connectivity index (χ0) is 24.4. The van der Waals surface area contributed by atoms with E-state index < -0.39 is 0 Å². The third-order valence-corrected chi connectivity index (χ3v) is 7.27. The second-order valence-corrected chi connectivity index (χ2v) is 11.2. The molecule has 0 unspecified atom stereocenters. The molecule has 6 nitrogen and oxygen atoms in total. The summed E-state index contributed by atoms with van der Waals surface area (Å²) < 4.78 is 0. The van der Waals surface area contributed by atoms with Gasteiger partial charge in [-0.3, -0.25) is 9.59 Å². The fourth-order valence-electron chi connectivity index (χ4n) is 5.93. The summed E-state index contributed by atoms with van der Waals surface area (Å²) >= 11 is 0. The number of fused-ring (bicyclic) bond motifs is 1. The maximum absolute atomic E-state index is 12.6. The molecular weight excluding hydrogens is 424 g/mol. The molecule has 2 fully saturated rings. The van der Waals surface area contributed by atoms with E-state index in [1.54, 1.807) is 0 Å². The highest BCUT2D eigenvalue weighted by atomic mass is 16.2. The van der Waals surface area contributed by atoms with Gasteiger partial charge < -0.3 is 15.1 Å². The number of amides is 2. The van der Waals surface area contributed by atoms with Gasteiger partial charge in [-0.25, -0.2) is 4.98 Å². The SMILES string of the molecule is Cc1cc(N2C[C@H](C)C[C@H](C)C2)nc2ccc(NC(=O)CCC(=O)N3C[C@@H](C)C[C@H](C)C3)cc12. The fraction of sp³-hybridized carbons (Fsp3) is 0.607. The number of likely N-dealkylation sites (tertiary alicyclic amines) is 1. The number of pyridine rings is 1. The Morgan fingerprint density at radius 3 is 2.18 bits per heavy atom. The van der Waals surface area contributed by atoms with Gasteiger partial charge in [-0.1, -0.05) is 27.7 Å². The van der Waals surface area contributed by atoms with Gasteiger partial charge in [0.25, 0.3) is 0 Å². The highest BCUT2D eigenvalue weighted by Crippen LogP contribution is 2.29. The van der Waals surface area contributed by atoms with Crippen molar-refractivity contribution in [3.05, 3.63) is 29.8 Å². The quantitative estimate of drug-likeness (QED) is 0.656. The Hall–Kier alpha value is -2.63. The number of rotatable bonds is 5. The van der Waals surface area contributed by atoms with Crippen LogP contribution in [0, 0.1) is 30.6 Å². The molecule has 0 bridgehead atoms. The van der Waals surface area contributed by atoms with Crippen molar-refractivity contribution in [3.63, 3.8) is 0 Å². The minimum absolute atomic E-state index is 0.0842. The van der Waals surface area contributed by atoms with Crippen molar-refractivity contribution in [2.75, 3.05) is 36.4 Å². The summed E-state index contributed by atoms with van der Waals surface area (Å²) in [5, 5.41) is 4.03. The smallest absolute Gasteiger partial charge is 0.224 e. The van der Waals surface area contributed by atoms with Crippen LogP contribution in [0.25, 0.3) is 10.9 Å². The van der Waals surface area contributed by atoms with Crippen LogP contribution in [0.3, 0.4) is 0 Å². The summed E-state index contributed by atoms with van der Waals surface area (Å²) in [6, 6.07) is 8.06. The van der Waals surface area contributed by atoms with Gasteiger partial charge in [0.15, 0.2) is 0 Å². The first kappa shape index (κ1) is 24.5. The van der Waals surface area contributed by atoms with E-state index in [0.717, 1.165) is 60.6 Å². The van der Waals surface area contributed by atoms with Crippen molar-refractivity contribution in [1.29, 1.82) is 0 Å². The van der Waals surface area contributed by atoms with Crippen molar-refractivity contribution in [2.45, 2.75) is 60.3 Å².